The quantitative estimate of drug-likeness (QED) is 0.848. The van der Waals surface area contributed by atoms with E-state index in [-0.39, 0.29) is 23.5 Å². The van der Waals surface area contributed by atoms with Gasteiger partial charge in [0.2, 0.25) is 5.91 Å². The van der Waals surface area contributed by atoms with Crippen LogP contribution in [-0.4, -0.2) is 47.8 Å². The van der Waals surface area contributed by atoms with Gasteiger partial charge in [-0.15, -0.1) is 0 Å². The van der Waals surface area contributed by atoms with E-state index < -0.39 is 0 Å². The highest BCUT2D eigenvalue weighted by molar-refractivity contribution is 5.76. The zero-order chi connectivity index (χ0) is 15.6. The summed E-state index contributed by atoms with van der Waals surface area (Å²) in [6.45, 7) is 10.7. The van der Waals surface area contributed by atoms with E-state index in [1.54, 1.807) is 0 Å². The summed E-state index contributed by atoms with van der Waals surface area (Å²) >= 11 is 0. The van der Waals surface area contributed by atoms with Crippen molar-refractivity contribution in [3.05, 3.63) is 0 Å². The number of rotatable bonds is 5. The van der Waals surface area contributed by atoms with Gasteiger partial charge in [-0.25, -0.2) is 0 Å². The molecule has 0 aromatic carbocycles. The molecule has 2 aliphatic rings. The van der Waals surface area contributed by atoms with Crippen molar-refractivity contribution in [2.45, 2.75) is 65.6 Å². The van der Waals surface area contributed by atoms with E-state index in [1.165, 1.54) is 0 Å². The number of hydrogen-bond donors (Lipinski definition) is 1. The predicted molar refractivity (Wildman–Crippen MR) is 82.9 cm³/mol. The number of nitrogens with zero attached hydrogens (tertiary/aromatic N) is 1. The third kappa shape index (κ3) is 3.26. The molecule has 0 aromatic rings. The van der Waals surface area contributed by atoms with E-state index in [1.807, 2.05) is 11.8 Å². The zero-order valence-electron chi connectivity index (χ0n) is 14.0. The standard InChI is InChI=1S/C17H31NO3/c1-5-21-15-11-14(19)17(15)6-8-18(9-7-17)16(20)10-13(4)12(2)3/h12-15,19H,5-11H2,1-4H3. The molecular weight excluding hydrogens is 266 g/mol. The van der Waals surface area contributed by atoms with Gasteiger partial charge in [0.25, 0.3) is 0 Å². The maximum Gasteiger partial charge on any atom is 0.222 e. The fourth-order valence-corrected chi connectivity index (χ4v) is 3.63. The Morgan fingerprint density at radius 1 is 1.33 bits per heavy atom. The van der Waals surface area contributed by atoms with Crippen LogP contribution in [0.5, 0.6) is 0 Å². The molecule has 0 radical (unpaired) electrons. The molecule has 1 saturated carbocycles. The molecule has 1 saturated heterocycles. The molecule has 1 N–H and O–H groups in total. The Kier molecular flexibility index (Phi) is 5.31. The summed E-state index contributed by atoms with van der Waals surface area (Å²) in [5, 5.41) is 10.2. The van der Waals surface area contributed by atoms with Crippen LogP contribution in [0.15, 0.2) is 0 Å². The summed E-state index contributed by atoms with van der Waals surface area (Å²) in [5.74, 6) is 1.24. The van der Waals surface area contributed by atoms with Crippen LogP contribution in [0.1, 0.15) is 53.4 Å². The number of aliphatic hydroxyl groups is 1. The second kappa shape index (κ2) is 6.66. The average Bonchev–Trinajstić information content (AvgIpc) is 2.47. The van der Waals surface area contributed by atoms with Crippen LogP contribution < -0.4 is 0 Å². The molecule has 1 heterocycles. The highest BCUT2D eigenvalue weighted by atomic mass is 16.5. The van der Waals surface area contributed by atoms with Gasteiger partial charge in [0.15, 0.2) is 0 Å². The van der Waals surface area contributed by atoms with E-state index >= 15 is 0 Å². The lowest BCUT2D eigenvalue weighted by atomic mass is 9.58. The van der Waals surface area contributed by atoms with E-state index in [4.69, 9.17) is 4.74 Å². The summed E-state index contributed by atoms with van der Waals surface area (Å²) in [6, 6.07) is 0. The molecule has 21 heavy (non-hydrogen) atoms. The minimum atomic E-state index is -0.249. The minimum Gasteiger partial charge on any atom is -0.392 e. The maximum absolute atomic E-state index is 12.4. The fraction of sp³-hybridized carbons (Fsp3) is 0.941. The molecule has 0 aromatic heterocycles. The van der Waals surface area contributed by atoms with Crippen molar-refractivity contribution in [2.75, 3.05) is 19.7 Å². The van der Waals surface area contributed by atoms with Crippen LogP contribution in [0.3, 0.4) is 0 Å². The molecule has 1 spiro atoms. The first-order valence-corrected chi connectivity index (χ1v) is 8.48. The number of hydrogen-bond acceptors (Lipinski definition) is 3. The van der Waals surface area contributed by atoms with Crippen molar-refractivity contribution >= 4 is 5.91 Å². The maximum atomic E-state index is 12.4. The van der Waals surface area contributed by atoms with Crippen LogP contribution in [0, 0.1) is 17.3 Å². The first-order chi connectivity index (χ1) is 9.90. The third-order valence-electron chi connectivity index (χ3n) is 5.79. The summed E-state index contributed by atoms with van der Waals surface area (Å²) in [4.78, 5) is 14.3. The van der Waals surface area contributed by atoms with Gasteiger partial charge in [-0.3, -0.25) is 4.79 Å². The molecular formula is C17H31NO3. The van der Waals surface area contributed by atoms with Crippen LogP contribution in [0.4, 0.5) is 0 Å². The lowest BCUT2D eigenvalue weighted by Crippen LogP contribution is -2.62. The van der Waals surface area contributed by atoms with E-state index in [0.717, 1.165) is 32.4 Å². The first-order valence-electron chi connectivity index (χ1n) is 8.48. The van der Waals surface area contributed by atoms with Crippen molar-refractivity contribution in [3.8, 4) is 0 Å². The second-order valence-electron chi connectivity index (χ2n) is 7.23. The van der Waals surface area contributed by atoms with Crippen LogP contribution in [0.2, 0.25) is 0 Å². The van der Waals surface area contributed by atoms with Gasteiger partial charge in [0.05, 0.1) is 12.2 Å². The molecule has 3 unspecified atom stereocenters. The predicted octanol–water partition coefficient (Wildman–Crippen LogP) is 2.45. The topological polar surface area (TPSA) is 49.8 Å². The zero-order valence-corrected chi connectivity index (χ0v) is 14.0. The SMILES string of the molecule is CCOC1CC(O)C12CCN(C(=O)CC(C)C(C)C)CC2. The smallest absolute Gasteiger partial charge is 0.222 e. The van der Waals surface area contributed by atoms with Gasteiger partial charge in [-0.1, -0.05) is 20.8 Å². The van der Waals surface area contributed by atoms with Crippen molar-refractivity contribution in [1.82, 2.24) is 4.90 Å². The summed E-state index contributed by atoms with van der Waals surface area (Å²) in [6.07, 6.45) is 3.08. The highest BCUT2D eigenvalue weighted by Crippen LogP contribution is 2.51. The van der Waals surface area contributed by atoms with E-state index in [0.29, 0.717) is 24.9 Å². The number of carbonyl (C=O) groups excluding carboxylic acids is 1. The lowest BCUT2D eigenvalue weighted by molar-refractivity contribution is -0.210. The fourth-order valence-electron chi connectivity index (χ4n) is 3.63. The molecule has 122 valence electrons. The van der Waals surface area contributed by atoms with Gasteiger partial charge in [0, 0.05) is 38.0 Å². The van der Waals surface area contributed by atoms with Gasteiger partial charge in [0.1, 0.15) is 0 Å². The number of amides is 1. The van der Waals surface area contributed by atoms with Gasteiger partial charge in [-0.05, 0) is 31.6 Å². The molecule has 4 heteroatoms. The molecule has 1 aliphatic heterocycles. The minimum absolute atomic E-state index is 0.0869. The molecule has 1 amide bonds. The number of aliphatic hydroxyl groups excluding tert-OH is 1. The molecule has 0 bridgehead atoms. The van der Waals surface area contributed by atoms with Crippen molar-refractivity contribution < 1.29 is 14.6 Å². The Bertz CT molecular complexity index is 359. The van der Waals surface area contributed by atoms with Crippen LogP contribution >= 0.6 is 0 Å². The molecule has 1 aliphatic carbocycles. The lowest BCUT2D eigenvalue weighted by Gasteiger charge is -2.56. The molecule has 2 rings (SSSR count). The normalized spacial score (nSPS) is 29.5. The number of carbonyl (C=O) groups is 1. The Hall–Kier alpha value is -0.610. The van der Waals surface area contributed by atoms with Crippen molar-refractivity contribution in [1.29, 1.82) is 0 Å². The Labute approximate surface area is 128 Å². The monoisotopic (exact) mass is 297 g/mol. The Balaban J connectivity index is 1.86. The first kappa shape index (κ1) is 16.8. The second-order valence-corrected chi connectivity index (χ2v) is 7.23. The summed E-state index contributed by atoms with van der Waals surface area (Å²) in [5.41, 5.74) is -0.0869. The van der Waals surface area contributed by atoms with Crippen molar-refractivity contribution in [2.24, 2.45) is 17.3 Å². The molecule has 2 fully saturated rings. The van der Waals surface area contributed by atoms with Crippen LogP contribution in [0.25, 0.3) is 0 Å². The average molecular weight is 297 g/mol. The molecule has 3 atom stereocenters. The van der Waals surface area contributed by atoms with Crippen LogP contribution in [-0.2, 0) is 9.53 Å². The van der Waals surface area contributed by atoms with Gasteiger partial charge < -0.3 is 14.7 Å². The van der Waals surface area contributed by atoms with Gasteiger partial charge >= 0.3 is 0 Å². The Morgan fingerprint density at radius 3 is 2.43 bits per heavy atom. The van der Waals surface area contributed by atoms with Crippen molar-refractivity contribution in [3.63, 3.8) is 0 Å². The molecule has 4 nitrogen and oxygen atoms in total. The number of likely N-dealkylation sites (tertiary alicyclic amines) is 1. The summed E-state index contributed by atoms with van der Waals surface area (Å²) < 4.78 is 5.77. The van der Waals surface area contributed by atoms with E-state index in [9.17, 15) is 9.90 Å². The Morgan fingerprint density at radius 2 is 1.95 bits per heavy atom. The third-order valence-corrected chi connectivity index (χ3v) is 5.79. The van der Waals surface area contributed by atoms with Gasteiger partial charge in [-0.2, -0.15) is 0 Å². The summed E-state index contributed by atoms with van der Waals surface area (Å²) in [7, 11) is 0. The number of piperidine rings is 1. The van der Waals surface area contributed by atoms with E-state index in [2.05, 4.69) is 20.8 Å². The largest absolute Gasteiger partial charge is 0.392 e. The number of ether oxygens (including phenoxy) is 1. The highest BCUT2D eigenvalue weighted by Gasteiger charge is 2.56.